The number of fused-ring (bicyclic) bond motifs is 2. The summed E-state index contributed by atoms with van der Waals surface area (Å²) >= 11 is 0. The van der Waals surface area contributed by atoms with Gasteiger partial charge in [0.05, 0.1) is 12.7 Å². The Morgan fingerprint density at radius 3 is 2.67 bits per heavy atom. The highest BCUT2D eigenvalue weighted by Gasteiger charge is 2.40. The number of nitrogens with one attached hydrogen (secondary N) is 1. The first-order valence-electron chi connectivity index (χ1n) is 15.8. The molecule has 0 aliphatic carbocycles. The van der Waals surface area contributed by atoms with Crippen LogP contribution in [0.2, 0.25) is 0 Å². The number of hydrogen-bond donors (Lipinski definition) is 1. The quantitative estimate of drug-likeness (QED) is 0.356. The van der Waals surface area contributed by atoms with Crippen molar-refractivity contribution in [2.24, 2.45) is 5.92 Å². The normalized spacial score (nSPS) is 25.1. The van der Waals surface area contributed by atoms with Crippen molar-refractivity contribution in [2.45, 2.75) is 50.6 Å². The molecule has 46 heavy (non-hydrogen) atoms. The van der Waals surface area contributed by atoms with E-state index < -0.39 is 11.9 Å². The topological polar surface area (TPSA) is 114 Å². The van der Waals surface area contributed by atoms with E-state index in [2.05, 4.69) is 20.1 Å². The highest BCUT2D eigenvalue weighted by atomic mass is 19.1. The number of methoxy groups -OCH3 is 2. The van der Waals surface area contributed by atoms with Gasteiger partial charge in [0.25, 0.3) is 5.91 Å². The van der Waals surface area contributed by atoms with E-state index in [-0.39, 0.29) is 48.7 Å². The zero-order valence-electron chi connectivity index (χ0n) is 26.0. The largest absolute Gasteiger partial charge is 0.489 e. The van der Waals surface area contributed by atoms with Gasteiger partial charge in [-0.3, -0.25) is 24.6 Å². The third-order valence-electron chi connectivity index (χ3n) is 9.62. The summed E-state index contributed by atoms with van der Waals surface area (Å²) in [6, 6.07) is 12.2. The molecule has 2 aromatic carbocycles. The molecule has 0 unspecified atom stereocenters. The maximum Gasteiger partial charge on any atom is 0.255 e. The molecule has 4 atom stereocenters. The Labute approximate surface area is 266 Å². The van der Waals surface area contributed by atoms with E-state index in [0.717, 1.165) is 48.4 Å². The van der Waals surface area contributed by atoms with E-state index in [1.807, 2.05) is 24.3 Å². The number of carbonyl (C=O) groups excluding carboxylic acids is 3. The summed E-state index contributed by atoms with van der Waals surface area (Å²) < 4.78 is 32.9. The molecule has 3 fully saturated rings. The number of pyridine rings is 1. The van der Waals surface area contributed by atoms with E-state index in [9.17, 15) is 14.4 Å². The fraction of sp³-hybridized carbons (Fsp3) is 0.471. The Balaban J connectivity index is 1.02. The van der Waals surface area contributed by atoms with Crippen LogP contribution in [-0.2, 0) is 32.2 Å². The minimum atomic E-state index is -0.664. The number of aromatic nitrogens is 1. The maximum atomic E-state index is 15.4. The fourth-order valence-corrected chi connectivity index (χ4v) is 7.26. The van der Waals surface area contributed by atoms with Crippen molar-refractivity contribution in [3.63, 3.8) is 0 Å². The molecule has 3 amide bonds. The first kappa shape index (κ1) is 30.5. The Kier molecular flexibility index (Phi) is 8.35. The number of carbonyl (C=O) groups is 3. The lowest BCUT2D eigenvalue weighted by atomic mass is 10.0. The first-order valence-corrected chi connectivity index (χ1v) is 15.8. The van der Waals surface area contributed by atoms with Crippen molar-refractivity contribution < 1.29 is 33.0 Å². The predicted molar refractivity (Wildman–Crippen MR) is 167 cm³/mol. The molecule has 11 nitrogen and oxygen atoms in total. The summed E-state index contributed by atoms with van der Waals surface area (Å²) in [6.45, 7) is 4.27. The summed E-state index contributed by atoms with van der Waals surface area (Å²) in [6.07, 6.45) is 1.45. The van der Waals surface area contributed by atoms with Gasteiger partial charge < -0.3 is 24.0 Å². The number of ether oxygens (including phenoxy) is 3. The van der Waals surface area contributed by atoms with Gasteiger partial charge in [0.1, 0.15) is 35.0 Å². The van der Waals surface area contributed by atoms with E-state index in [1.165, 1.54) is 4.90 Å². The van der Waals surface area contributed by atoms with Crippen molar-refractivity contribution >= 4 is 34.4 Å². The number of benzene rings is 2. The second kappa shape index (κ2) is 12.6. The van der Waals surface area contributed by atoms with Gasteiger partial charge >= 0.3 is 0 Å². The molecule has 3 saturated heterocycles. The maximum absolute atomic E-state index is 15.4. The molecular weight excluding hydrogens is 593 g/mol. The van der Waals surface area contributed by atoms with Gasteiger partial charge in [-0.2, -0.15) is 0 Å². The molecule has 7 rings (SSSR count). The molecule has 0 bridgehead atoms. The van der Waals surface area contributed by atoms with Crippen LogP contribution >= 0.6 is 0 Å². The summed E-state index contributed by atoms with van der Waals surface area (Å²) in [7, 11) is 3.38. The monoisotopic (exact) mass is 631 g/mol. The average Bonchev–Trinajstić information content (AvgIpc) is 3.75. The van der Waals surface area contributed by atoms with Crippen molar-refractivity contribution in [2.75, 3.05) is 51.9 Å². The van der Waals surface area contributed by atoms with Gasteiger partial charge in [-0.1, -0.05) is 0 Å². The lowest BCUT2D eigenvalue weighted by molar-refractivity contribution is -0.136. The molecule has 0 spiro atoms. The molecule has 5 heterocycles. The van der Waals surface area contributed by atoms with Crippen molar-refractivity contribution in [3.8, 4) is 5.75 Å². The average molecular weight is 632 g/mol. The lowest BCUT2D eigenvalue weighted by Gasteiger charge is -2.29. The van der Waals surface area contributed by atoms with E-state index >= 15 is 4.39 Å². The second-order valence-corrected chi connectivity index (χ2v) is 12.7. The number of halogens is 1. The second-order valence-electron chi connectivity index (χ2n) is 12.7. The Bertz CT molecular complexity index is 1690. The van der Waals surface area contributed by atoms with E-state index in [4.69, 9.17) is 14.2 Å². The summed E-state index contributed by atoms with van der Waals surface area (Å²) in [5.74, 6) is 0.191. The highest BCUT2D eigenvalue weighted by molar-refractivity contribution is 6.05. The summed E-state index contributed by atoms with van der Waals surface area (Å²) in [4.78, 5) is 47.7. The summed E-state index contributed by atoms with van der Waals surface area (Å²) in [5, 5.41) is 3.10. The number of hydrogen-bond acceptors (Lipinski definition) is 9. The number of anilines is 1. The van der Waals surface area contributed by atoms with Crippen molar-refractivity contribution in [1.82, 2.24) is 20.1 Å². The number of piperidine rings is 1. The number of imide groups is 1. The molecular formula is C34H38FN5O6. The molecule has 0 saturated carbocycles. The molecule has 3 aromatic rings. The first-order chi connectivity index (χ1) is 22.3. The van der Waals surface area contributed by atoms with Crippen LogP contribution in [0, 0.1) is 11.7 Å². The van der Waals surface area contributed by atoms with Gasteiger partial charge in [0, 0.05) is 76.8 Å². The van der Waals surface area contributed by atoms with Crippen LogP contribution in [0.15, 0.2) is 42.5 Å². The minimum Gasteiger partial charge on any atom is -0.489 e. The molecule has 4 aliphatic rings. The third kappa shape index (κ3) is 5.92. The Morgan fingerprint density at radius 2 is 1.89 bits per heavy atom. The highest BCUT2D eigenvalue weighted by Crippen LogP contribution is 2.33. The molecule has 242 valence electrons. The SMILES string of the molecule is COC[C@@H]1CN(Cc2cc(F)c3nc(N4CC[C@@H](OC)C4)ccc3c2)C[C@H]1Oc1ccc2c(c1)CN([C@H]1CCC(=O)NC1=O)C2=O. The molecule has 4 aliphatic heterocycles. The lowest BCUT2D eigenvalue weighted by Crippen LogP contribution is -2.52. The van der Waals surface area contributed by atoms with Gasteiger partial charge in [0.15, 0.2) is 0 Å². The predicted octanol–water partition coefficient (Wildman–Crippen LogP) is 2.89. The van der Waals surface area contributed by atoms with Crippen LogP contribution in [0.1, 0.15) is 40.7 Å². The van der Waals surface area contributed by atoms with Gasteiger partial charge in [-0.05, 0) is 66.4 Å². The minimum absolute atomic E-state index is 0.0887. The zero-order valence-corrected chi connectivity index (χ0v) is 26.0. The smallest absolute Gasteiger partial charge is 0.255 e. The van der Waals surface area contributed by atoms with Gasteiger partial charge in [0.2, 0.25) is 11.8 Å². The van der Waals surface area contributed by atoms with Gasteiger partial charge in [-0.25, -0.2) is 9.37 Å². The fourth-order valence-electron chi connectivity index (χ4n) is 7.26. The van der Waals surface area contributed by atoms with Crippen LogP contribution in [0.5, 0.6) is 5.75 Å². The number of rotatable bonds is 9. The number of nitrogens with zero attached hydrogens (tertiary/aromatic N) is 4. The zero-order chi connectivity index (χ0) is 31.9. The standard InChI is InChI=1S/C34H38FN5O6/c1-44-19-23-15-38(14-20-11-21-3-7-30(36-32(21)27(35)12-20)39-10-9-25(17-39)45-2)18-29(23)46-24-4-5-26-22(13-24)16-40(34(26)43)28-6-8-31(41)37-33(28)42/h3-5,7,11-13,23,25,28-29H,6,8-10,14-19H2,1-2H3,(H,37,41,42)/t23-,25+,28-,29+/m0/s1. The van der Waals surface area contributed by atoms with E-state index in [1.54, 1.807) is 32.4 Å². The number of likely N-dealkylation sites (tertiary alicyclic amines) is 1. The van der Waals surface area contributed by atoms with Crippen molar-refractivity contribution in [1.29, 1.82) is 0 Å². The van der Waals surface area contributed by atoms with Crippen LogP contribution < -0.4 is 15.0 Å². The van der Waals surface area contributed by atoms with Crippen LogP contribution in [0.3, 0.4) is 0 Å². The third-order valence-corrected chi connectivity index (χ3v) is 9.62. The Hall–Kier alpha value is -4.13. The van der Waals surface area contributed by atoms with Gasteiger partial charge in [-0.15, -0.1) is 0 Å². The van der Waals surface area contributed by atoms with E-state index in [0.29, 0.717) is 42.9 Å². The molecule has 1 N–H and O–H groups in total. The van der Waals surface area contributed by atoms with Crippen LogP contribution in [0.25, 0.3) is 10.9 Å². The number of amides is 3. The van der Waals surface area contributed by atoms with Crippen LogP contribution in [0.4, 0.5) is 10.2 Å². The van der Waals surface area contributed by atoms with Crippen LogP contribution in [-0.4, -0.2) is 97.8 Å². The molecule has 1 aromatic heterocycles. The summed E-state index contributed by atoms with van der Waals surface area (Å²) in [5.41, 5.74) is 2.56. The molecule has 0 radical (unpaired) electrons. The molecule has 12 heteroatoms. The van der Waals surface area contributed by atoms with Crippen molar-refractivity contribution in [3.05, 3.63) is 65.0 Å². The Morgan fingerprint density at radius 1 is 1.02 bits per heavy atom.